The first-order valence-corrected chi connectivity index (χ1v) is 6.11. The molecule has 92 valence electrons. The average molecular weight is 233 g/mol. The first-order valence-electron chi connectivity index (χ1n) is 6.11. The maximum Gasteiger partial charge on any atom is 0.134 e. The predicted octanol–water partition coefficient (Wildman–Crippen LogP) is 3.12. The maximum absolute atomic E-state index is 5.78. The molecule has 3 nitrogen and oxygen atoms in total. The van der Waals surface area contributed by atoms with Crippen molar-refractivity contribution in [3.05, 3.63) is 36.1 Å². The van der Waals surface area contributed by atoms with Gasteiger partial charge in [-0.3, -0.25) is 0 Å². The number of fused-ring (bicyclic) bond motifs is 1. The van der Waals surface area contributed by atoms with E-state index in [1.165, 1.54) is 0 Å². The fourth-order valence-electron chi connectivity index (χ4n) is 1.81. The molecule has 1 aromatic heterocycles. The van der Waals surface area contributed by atoms with Crippen molar-refractivity contribution >= 4 is 11.0 Å². The first kappa shape index (κ1) is 12.1. The molecule has 0 saturated carbocycles. The predicted molar refractivity (Wildman–Crippen MR) is 69.1 cm³/mol. The molecule has 1 atom stereocenters. The topological polar surface area (TPSA) is 34.4 Å². The Balaban J connectivity index is 1.96. The van der Waals surface area contributed by atoms with Crippen LogP contribution in [0, 0.1) is 0 Å². The molecule has 17 heavy (non-hydrogen) atoms. The summed E-state index contributed by atoms with van der Waals surface area (Å²) in [6.07, 6.45) is 0. The minimum Gasteiger partial charge on any atom is -0.459 e. The van der Waals surface area contributed by atoms with Crippen LogP contribution in [0.2, 0.25) is 0 Å². The van der Waals surface area contributed by atoms with E-state index < -0.39 is 0 Å². The highest BCUT2D eigenvalue weighted by Gasteiger charge is 2.10. The minimum absolute atomic E-state index is 0.211. The molecule has 2 rings (SSSR count). The highest BCUT2D eigenvalue weighted by Crippen LogP contribution is 2.23. The van der Waals surface area contributed by atoms with Crippen LogP contribution in [0.4, 0.5) is 0 Å². The van der Waals surface area contributed by atoms with E-state index in [-0.39, 0.29) is 6.04 Å². The van der Waals surface area contributed by atoms with Crippen LogP contribution in [0.5, 0.6) is 0 Å². The van der Waals surface area contributed by atoms with Gasteiger partial charge in [-0.25, -0.2) is 0 Å². The van der Waals surface area contributed by atoms with Gasteiger partial charge in [-0.2, -0.15) is 0 Å². The molecule has 0 radical (unpaired) electrons. The van der Waals surface area contributed by atoms with Gasteiger partial charge in [0.05, 0.1) is 12.6 Å². The number of para-hydroxylation sites is 1. The van der Waals surface area contributed by atoms with Crippen molar-refractivity contribution in [2.75, 3.05) is 19.8 Å². The second-order valence-electron chi connectivity index (χ2n) is 4.06. The number of hydrogen-bond donors (Lipinski definition) is 1. The van der Waals surface area contributed by atoms with E-state index in [2.05, 4.69) is 24.4 Å². The number of benzene rings is 1. The van der Waals surface area contributed by atoms with Crippen molar-refractivity contribution in [3.63, 3.8) is 0 Å². The Morgan fingerprint density at radius 3 is 2.94 bits per heavy atom. The Labute approximate surface area is 102 Å². The number of hydrogen-bond acceptors (Lipinski definition) is 3. The summed E-state index contributed by atoms with van der Waals surface area (Å²) in [5.74, 6) is 0.975. The largest absolute Gasteiger partial charge is 0.459 e. The summed E-state index contributed by atoms with van der Waals surface area (Å²) in [7, 11) is 0. The van der Waals surface area contributed by atoms with Crippen molar-refractivity contribution in [3.8, 4) is 0 Å². The minimum atomic E-state index is 0.211. The summed E-state index contributed by atoms with van der Waals surface area (Å²) in [6, 6.07) is 10.4. The third-order valence-corrected chi connectivity index (χ3v) is 2.77. The van der Waals surface area contributed by atoms with Gasteiger partial charge in [-0.05, 0) is 26.0 Å². The van der Waals surface area contributed by atoms with E-state index >= 15 is 0 Å². The van der Waals surface area contributed by atoms with Gasteiger partial charge in [0.1, 0.15) is 11.3 Å². The van der Waals surface area contributed by atoms with Crippen molar-refractivity contribution in [2.24, 2.45) is 0 Å². The van der Waals surface area contributed by atoms with E-state index in [9.17, 15) is 0 Å². The van der Waals surface area contributed by atoms with Crippen LogP contribution < -0.4 is 5.32 Å². The maximum atomic E-state index is 5.78. The van der Waals surface area contributed by atoms with Gasteiger partial charge in [-0.1, -0.05) is 18.2 Å². The molecule has 1 unspecified atom stereocenters. The molecule has 3 heteroatoms. The monoisotopic (exact) mass is 233 g/mol. The Morgan fingerprint density at radius 2 is 2.18 bits per heavy atom. The third-order valence-electron chi connectivity index (χ3n) is 2.77. The summed E-state index contributed by atoms with van der Waals surface area (Å²) in [4.78, 5) is 0. The molecule has 2 aromatic rings. The van der Waals surface area contributed by atoms with E-state index in [0.29, 0.717) is 0 Å². The molecule has 0 saturated heterocycles. The van der Waals surface area contributed by atoms with Crippen LogP contribution in [-0.2, 0) is 4.74 Å². The normalized spacial score (nSPS) is 13.1. The van der Waals surface area contributed by atoms with E-state index in [0.717, 1.165) is 36.5 Å². The molecule has 0 fully saturated rings. The average Bonchev–Trinajstić information content (AvgIpc) is 2.78. The number of furan rings is 1. The number of rotatable bonds is 6. The lowest BCUT2D eigenvalue weighted by Gasteiger charge is -2.10. The molecular weight excluding hydrogens is 214 g/mol. The van der Waals surface area contributed by atoms with Gasteiger partial charge >= 0.3 is 0 Å². The van der Waals surface area contributed by atoms with Gasteiger partial charge in [0.2, 0.25) is 0 Å². The zero-order chi connectivity index (χ0) is 12.1. The SMILES string of the molecule is CCOCCNC(C)c1cc2ccccc2o1. The number of nitrogens with one attached hydrogen (secondary N) is 1. The Morgan fingerprint density at radius 1 is 1.35 bits per heavy atom. The van der Waals surface area contributed by atoms with Crippen molar-refractivity contribution in [1.82, 2.24) is 5.32 Å². The molecule has 0 amide bonds. The Bertz CT molecular complexity index is 431. The van der Waals surface area contributed by atoms with E-state index in [1.54, 1.807) is 0 Å². The first-order chi connectivity index (χ1) is 8.31. The lowest BCUT2D eigenvalue weighted by atomic mass is 10.2. The van der Waals surface area contributed by atoms with Gasteiger partial charge < -0.3 is 14.5 Å². The van der Waals surface area contributed by atoms with Crippen LogP contribution in [0.3, 0.4) is 0 Å². The van der Waals surface area contributed by atoms with Crippen LogP contribution >= 0.6 is 0 Å². The lowest BCUT2D eigenvalue weighted by molar-refractivity contribution is 0.146. The quantitative estimate of drug-likeness (QED) is 0.778. The van der Waals surface area contributed by atoms with Crippen LogP contribution in [0.25, 0.3) is 11.0 Å². The molecule has 0 aliphatic rings. The number of ether oxygens (including phenoxy) is 1. The molecule has 0 aliphatic carbocycles. The van der Waals surface area contributed by atoms with Crippen molar-refractivity contribution in [1.29, 1.82) is 0 Å². The van der Waals surface area contributed by atoms with Gasteiger partial charge in [0.25, 0.3) is 0 Å². The fraction of sp³-hybridized carbons (Fsp3) is 0.429. The standard InChI is InChI=1S/C14H19NO2/c1-3-16-9-8-15-11(2)14-10-12-6-4-5-7-13(12)17-14/h4-7,10-11,15H,3,8-9H2,1-2H3. The van der Waals surface area contributed by atoms with Gasteiger partial charge in [-0.15, -0.1) is 0 Å². The summed E-state index contributed by atoms with van der Waals surface area (Å²) in [5.41, 5.74) is 0.945. The summed E-state index contributed by atoms with van der Waals surface area (Å²) >= 11 is 0. The highest BCUT2D eigenvalue weighted by molar-refractivity contribution is 5.77. The highest BCUT2D eigenvalue weighted by atomic mass is 16.5. The van der Waals surface area contributed by atoms with Gasteiger partial charge in [0.15, 0.2) is 0 Å². The molecule has 1 heterocycles. The molecule has 1 aromatic carbocycles. The van der Waals surface area contributed by atoms with Crippen molar-refractivity contribution < 1.29 is 9.15 Å². The lowest BCUT2D eigenvalue weighted by Crippen LogP contribution is -2.22. The zero-order valence-corrected chi connectivity index (χ0v) is 10.4. The van der Waals surface area contributed by atoms with E-state index in [4.69, 9.17) is 9.15 Å². The second kappa shape index (κ2) is 5.84. The van der Waals surface area contributed by atoms with Crippen LogP contribution in [-0.4, -0.2) is 19.8 Å². The van der Waals surface area contributed by atoms with Crippen LogP contribution in [0.15, 0.2) is 34.7 Å². The Kier molecular flexibility index (Phi) is 4.18. The molecule has 0 aliphatic heterocycles. The molecule has 0 bridgehead atoms. The van der Waals surface area contributed by atoms with E-state index in [1.807, 2.05) is 25.1 Å². The summed E-state index contributed by atoms with van der Waals surface area (Å²) < 4.78 is 11.1. The molecular formula is C14H19NO2. The van der Waals surface area contributed by atoms with Crippen molar-refractivity contribution in [2.45, 2.75) is 19.9 Å². The second-order valence-corrected chi connectivity index (χ2v) is 4.06. The Hall–Kier alpha value is -1.32. The third kappa shape index (κ3) is 3.08. The van der Waals surface area contributed by atoms with Crippen LogP contribution in [0.1, 0.15) is 25.6 Å². The summed E-state index contributed by atoms with van der Waals surface area (Å²) in [6.45, 7) is 6.44. The smallest absolute Gasteiger partial charge is 0.134 e. The zero-order valence-electron chi connectivity index (χ0n) is 10.4. The molecule has 0 spiro atoms. The van der Waals surface area contributed by atoms with Gasteiger partial charge in [0, 0.05) is 18.5 Å². The fourth-order valence-corrected chi connectivity index (χ4v) is 1.81. The summed E-state index contributed by atoms with van der Waals surface area (Å²) in [5, 5.41) is 4.53. The molecule has 1 N–H and O–H groups in total.